The molecule has 5 heteroatoms. The number of aliphatic hydroxyl groups is 2. The minimum Gasteiger partial charge on any atom is -0.494 e. The van der Waals surface area contributed by atoms with E-state index >= 15 is 0 Å². The second kappa shape index (κ2) is 12.0. The van der Waals surface area contributed by atoms with Gasteiger partial charge in [-0.05, 0) is 48.6 Å². The molecule has 0 amide bonds. The molecule has 2 N–H and O–H groups in total. The number of benzene rings is 1. The Bertz CT molecular complexity index is 478. The van der Waals surface area contributed by atoms with Gasteiger partial charge < -0.3 is 14.9 Å². The zero-order chi connectivity index (χ0) is 17.8. The Kier molecular flexibility index (Phi) is 10.3. The van der Waals surface area contributed by atoms with Gasteiger partial charge in [0.15, 0.2) is 0 Å². The Morgan fingerprint density at radius 3 is 2.46 bits per heavy atom. The van der Waals surface area contributed by atoms with Crippen LogP contribution in [0, 0.1) is 4.91 Å². The summed E-state index contributed by atoms with van der Waals surface area (Å²) in [7, 11) is 1.50. The minimum absolute atomic E-state index is 0.278. The monoisotopic (exact) mass is 337 g/mol. The first-order chi connectivity index (χ1) is 11.6. The number of ether oxygens (including phenoxy) is 1. The summed E-state index contributed by atoms with van der Waals surface area (Å²) in [5.74, 6) is 0.448. The summed E-state index contributed by atoms with van der Waals surface area (Å²) in [4.78, 5) is 10.6. The van der Waals surface area contributed by atoms with E-state index in [1.165, 1.54) is 26.4 Å². The van der Waals surface area contributed by atoms with E-state index in [0.29, 0.717) is 25.0 Å². The third-order valence-corrected chi connectivity index (χ3v) is 4.29. The topological polar surface area (TPSA) is 79.1 Å². The molecule has 2 atom stereocenters. The lowest BCUT2D eigenvalue weighted by Gasteiger charge is -2.16. The van der Waals surface area contributed by atoms with Gasteiger partial charge in [0.2, 0.25) is 0 Å². The van der Waals surface area contributed by atoms with Crippen molar-refractivity contribution in [3.63, 3.8) is 0 Å². The van der Waals surface area contributed by atoms with Gasteiger partial charge in [-0.1, -0.05) is 45.1 Å². The van der Waals surface area contributed by atoms with Gasteiger partial charge in [-0.25, -0.2) is 0 Å². The second-order valence-corrected chi connectivity index (χ2v) is 6.38. The zero-order valence-electron chi connectivity index (χ0n) is 14.9. The summed E-state index contributed by atoms with van der Waals surface area (Å²) >= 11 is 0. The molecule has 0 saturated heterocycles. The molecule has 0 radical (unpaired) electrons. The highest BCUT2D eigenvalue weighted by Gasteiger charge is 2.13. The van der Waals surface area contributed by atoms with Crippen molar-refractivity contribution in [2.75, 3.05) is 7.11 Å². The molecule has 1 aromatic rings. The van der Waals surface area contributed by atoms with Crippen LogP contribution in [0.25, 0.3) is 0 Å². The van der Waals surface area contributed by atoms with Crippen molar-refractivity contribution in [2.24, 2.45) is 5.18 Å². The second-order valence-electron chi connectivity index (χ2n) is 6.38. The van der Waals surface area contributed by atoms with Crippen molar-refractivity contribution >= 4 is 5.69 Å². The van der Waals surface area contributed by atoms with Crippen LogP contribution in [0.4, 0.5) is 5.69 Å². The third kappa shape index (κ3) is 7.88. The molecule has 0 saturated carbocycles. The molecule has 0 aromatic heterocycles. The summed E-state index contributed by atoms with van der Waals surface area (Å²) in [5.41, 5.74) is 1.26. The SMILES string of the molecule is CCCCCCCC(O)CC(O)CCc1ccc(N=O)c(OC)c1. The number of aliphatic hydroxyl groups excluding tert-OH is 2. The maximum atomic E-state index is 10.6. The molecule has 24 heavy (non-hydrogen) atoms. The Labute approximate surface area is 145 Å². The predicted octanol–water partition coefficient (Wildman–Crippen LogP) is 4.50. The lowest BCUT2D eigenvalue weighted by atomic mass is 9.99. The van der Waals surface area contributed by atoms with Crippen LogP contribution in [-0.4, -0.2) is 29.5 Å². The van der Waals surface area contributed by atoms with Crippen LogP contribution in [0.5, 0.6) is 5.75 Å². The van der Waals surface area contributed by atoms with Gasteiger partial charge in [-0.15, -0.1) is 4.91 Å². The molecular formula is C19H31NO4. The normalized spacial score (nSPS) is 13.5. The lowest BCUT2D eigenvalue weighted by Crippen LogP contribution is -2.18. The molecule has 1 rings (SSSR count). The van der Waals surface area contributed by atoms with Crippen molar-refractivity contribution in [2.45, 2.75) is 76.9 Å². The van der Waals surface area contributed by atoms with Crippen molar-refractivity contribution in [3.05, 3.63) is 28.7 Å². The number of unbranched alkanes of at least 4 members (excludes halogenated alkanes) is 4. The largest absolute Gasteiger partial charge is 0.494 e. The maximum absolute atomic E-state index is 10.6. The Morgan fingerprint density at radius 1 is 1.08 bits per heavy atom. The zero-order valence-corrected chi connectivity index (χ0v) is 14.9. The molecule has 5 nitrogen and oxygen atoms in total. The number of rotatable bonds is 13. The van der Waals surface area contributed by atoms with Crippen LogP contribution in [0.2, 0.25) is 0 Å². The lowest BCUT2D eigenvalue weighted by molar-refractivity contribution is 0.0697. The number of methoxy groups -OCH3 is 1. The molecule has 0 fully saturated rings. The molecule has 0 aliphatic heterocycles. The molecule has 2 unspecified atom stereocenters. The molecule has 0 spiro atoms. The minimum atomic E-state index is -0.523. The summed E-state index contributed by atoms with van der Waals surface area (Å²) in [5, 5.41) is 23.0. The number of nitrogens with zero attached hydrogens (tertiary/aromatic N) is 1. The summed E-state index contributed by atoms with van der Waals surface area (Å²) in [6.45, 7) is 2.18. The van der Waals surface area contributed by atoms with Crippen LogP contribution in [0.1, 0.15) is 63.9 Å². The van der Waals surface area contributed by atoms with E-state index in [9.17, 15) is 15.1 Å². The highest BCUT2D eigenvalue weighted by molar-refractivity contribution is 5.53. The quantitative estimate of drug-likeness (QED) is 0.410. The smallest absolute Gasteiger partial charge is 0.149 e. The number of hydrogen-bond acceptors (Lipinski definition) is 5. The van der Waals surface area contributed by atoms with E-state index in [0.717, 1.165) is 24.8 Å². The van der Waals surface area contributed by atoms with Crippen LogP contribution >= 0.6 is 0 Å². The van der Waals surface area contributed by atoms with E-state index in [4.69, 9.17) is 4.74 Å². The first-order valence-electron chi connectivity index (χ1n) is 8.97. The molecule has 0 bridgehead atoms. The van der Waals surface area contributed by atoms with Gasteiger partial charge >= 0.3 is 0 Å². The summed E-state index contributed by atoms with van der Waals surface area (Å²) in [6, 6.07) is 5.21. The fourth-order valence-electron chi connectivity index (χ4n) is 2.82. The van der Waals surface area contributed by atoms with Crippen molar-refractivity contribution in [3.8, 4) is 5.75 Å². The van der Waals surface area contributed by atoms with E-state index in [2.05, 4.69) is 12.1 Å². The average Bonchev–Trinajstić information content (AvgIpc) is 2.59. The van der Waals surface area contributed by atoms with Crippen LogP contribution < -0.4 is 4.74 Å². The fourth-order valence-corrected chi connectivity index (χ4v) is 2.82. The standard InChI is InChI=1S/C19H31NO4/c1-3-4-5-6-7-8-16(21)14-17(22)11-9-15-10-12-18(20-23)19(13-15)24-2/h10,12-13,16-17,21-22H,3-9,11,14H2,1-2H3. The van der Waals surface area contributed by atoms with Crippen molar-refractivity contribution in [1.29, 1.82) is 0 Å². The predicted molar refractivity (Wildman–Crippen MR) is 96.8 cm³/mol. The van der Waals surface area contributed by atoms with E-state index in [-0.39, 0.29) is 5.69 Å². The van der Waals surface area contributed by atoms with Gasteiger partial charge in [-0.2, -0.15) is 0 Å². The van der Waals surface area contributed by atoms with Gasteiger partial charge in [-0.3, -0.25) is 0 Å². The molecule has 136 valence electrons. The Morgan fingerprint density at radius 2 is 1.79 bits per heavy atom. The first kappa shape index (κ1) is 20.6. The molecule has 1 aromatic carbocycles. The first-order valence-corrected chi connectivity index (χ1v) is 8.97. The molecule has 0 aliphatic carbocycles. The number of hydrogen-bond donors (Lipinski definition) is 2. The molecule has 0 aliphatic rings. The van der Waals surface area contributed by atoms with Gasteiger partial charge in [0.25, 0.3) is 0 Å². The molecule has 0 heterocycles. The highest BCUT2D eigenvalue weighted by atomic mass is 16.5. The van der Waals surface area contributed by atoms with Gasteiger partial charge in [0.05, 0.1) is 19.3 Å². The van der Waals surface area contributed by atoms with Crippen molar-refractivity contribution < 1.29 is 14.9 Å². The van der Waals surface area contributed by atoms with Crippen LogP contribution in [-0.2, 0) is 6.42 Å². The Balaban J connectivity index is 2.30. The molecular weight excluding hydrogens is 306 g/mol. The van der Waals surface area contributed by atoms with Gasteiger partial charge in [0.1, 0.15) is 11.4 Å². The Hall–Kier alpha value is -1.46. The fraction of sp³-hybridized carbons (Fsp3) is 0.684. The number of nitroso groups, excluding NO2 is 1. The average molecular weight is 337 g/mol. The highest BCUT2D eigenvalue weighted by Crippen LogP contribution is 2.28. The third-order valence-electron chi connectivity index (χ3n) is 4.29. The number of aryl methyl sites for hydroxylation is 1. The summed E-state index contributed by atoms with van der Waals surface area (Å²) < 4.78 is 5.12. The maximum Gasteiger partial charge on any atom is 0.149 e. The van der Waals surface area contributed by atoms with E-state index < -0.39 is 12.2 Å². The van der Waals surface area contributed by atoms with Crippen LogP contribution in [0.3, 0.4) is 0 Å². The van der Waals surface area contributed by atoms with Crippen molar-refractivity contribution in [1.82, 2.24) is 0 Å². The van der Waals surface area contributed by atoms with E-state index in [1.54, 1.807) is 12.1 Å². The summed E-state index contributed by atoms with van der Waals surface area (Å²) in [6.07, 6.45) is 7.32. The van der Waals surface area contributed by atoms with E-state index in [1.807, 2.05) is 6.07 Å². The van der Waals surface area contributed by atoms with Gasteiger partial charge in [0, 0.05) is 0 Å². The van der Waals surface area contributed by atoms with Crippen LogP contribution in [0.15, 0.2) is 23.4 Å².